The maximum atomic E-state index is 11.4. The molecular formula is C7H16N2O3S. The maximum absolute atomic E-state index is 11.4. The van der Waals surface area contributed by atoms with Crippen LogP contribution >= 0.6 is 0 Å². The Balaban J connectivity index is 2.58. The Labute approximate surface area is 78.9 Å². The van der Waals surface area contributed by atoms with E-state index in [4.69, 9.17) is 10.5 Å². The Kier molecular flexibility index (Phi) is 3.28. The van der Waals surface area contributed by atoms with Crippen molar-refractivity contribution in [2.24, 2.45) is 11.7 Å². The first-order valence-corrected chi connectivity index (χ1v) is 5.78. The highest BCUT2D eigenvalue weighted by atomic mass is 32.2. The molecule has 2 N–H and O–H groups in total. The topological polar surface area (TPSA) is 72.6 Å². The van der Waals surface area contributed by atoms with E-state index in [0.717, 1.165) is 0 Å². The van der Waals surface area contributed by atoms with Crippen molar-refractivity contribution in [1.82, 2.24) is 4.31 Å². The molecular weight excluding hydrogens is 192 g/mol. The van der Waals surface area contributed by atoms with Gasteiger partial charge in [0.1, 0.15) is 0 Å². The fourth-order valence-electron chi connectivity index (χ4n) is 1.21. The highest BCUT2D eigenvalue weighted by molar-refractivity contribution is 7.89. The maximum Gasteiger partial charge on any atom is 0.214 e. The van der Waals surface area contributed by atoms with Gasteiger partial charge in [0.25, 0.3) is 0 Å². The Morgan fingerprint density at radius 3 is 2.46 bits per heavy atom. The van der Waals surface area contributed by atoms with Crippen LogP contribution in [0.3, 0.4) is 0 Å². The highest BCUT2D eigenvalue weighted by Gasteiger charge is 2.30. The van der Waals surface area contributed by atoms with Crippen LogP contribution in [0, 0.1) is 5.92 Å². The second kappa shape index (κ2) is 3.91. The van der Waals surface area contributed by atoms with Gasteiger partial charge in [0, 0.05) is 26.1 Å². The zero-order valence-corrected chi connectivity index (χ0v) is 8.75. The molecule has 0 aromatic rings. The van der Waals surface area contributed by atoms with Crippen molar-refractivity contribution < 1.29 is 13.2 Å². The molecule has 1 heterocycles. The van der Waals surface area contributed by atoms with Crippen molar-refractivity contribution in [2.75, 3.05) is 33.1 Å². The van der Waals surface area contributed by atoms with Gasteiger partial charge in [-0.3, -0.25) is 0 Å². The average molecular weight is 208 g/mol. The number of sulfonamides is 1. The van der Waals surface area contributed by atoms with Crippen molar-refractivity contribution in [3.8, 4) is 0 Å². The summed E-state index contributed by atoms with van der Waals surface area (Å²) in [5, 5.41) is 0. The lowest BCUT2D eigenvalue weighted by atomic mass is 10.1. The molecule has 78 valence electrons. The van der Waals surface area contributed by atoms with Gasteiger partial charge >= 0.3 is 0 Å². The van der Waals surface area contributed by atoms with E-state index in [-0.39, 0.29) is 17.7 Å². The van der Waals surface area contributed by atoms with Crippen molar-refractivity contribution in [1.29, 1.82) is 0 Å². The lowest BCUT2D eigenvalue weighted by Gasteiger charge is -2.16. The number of hydrogen-bond donors (Lipinski definition) is 1. The van der Waals surface area contributed by atoms with Crippen molar-refractivity contribution in [3.05, 3.63) is 0 Å². The van der Waals surface area contributed by atoms with E-state index < -0.39 is 10.0 Å². The second-order valence-electron chi connectivity index (χ2n) is 3.52. The fourth-order valence-corrected chi connectivity index (χ4v) is 2.39. The molecule has 5 nitrogen and oxygen atoms in total. The van der Waals surface area contributed by atoms with Crippen molar-refractivity contribution in [3.63, 3.8) is 0 Å². The van der Waals surface area contributed by atoms with E-state index >= 15 is 0 Å². The predicted molar refractivity (Wildman–Crippen MR) is 49.8 cm³/mol. The summed E-state index contributed by atoms with van der Waals surface area (Å²) >= 11 is 0. The summed E-state index contributed by atoms with van der Waals surface area (Å²) in [5.74, 6) is 0.0219. The van der Waals surface area contributed by atoms with Gasteiger partial charge in [0.05, 0.1) is 19.0 Å². The third-order valence-electron chi connectivity index (χ3n) is 2.23. The van der Waals surface area contributed by atoms with Gasteiger partial charge in [-0.05, 0) is 0 Å². The van der Waals surface area contributed by atoms with Crippen molar-refractivity contribution in [2.45, 2.75) is 6.04 Å². The van der Waals surface area contributed by atoms with Gasteiger partial charge in [0.2, 0.25) is 10.0 Å². The molecule has 0 spiro atoms. The first-order chi connectivity index (χ1) is 5.93. The highest BCUT2D eigenvalue weighted by Crippen LogP contribution is 2.14. The van der Waals surface area contributed by atoms with Crippen LogP contribution in [0.5, 0.6) is 0 Å². The fraction of sp³-hybridized carbons (Fsp3) is 1.00. The largest absolute Gasteiger partial charge is 0.379 e. The van der Waals surface area contributed by atoms with Crippen LogP contribution in [-0.2, 0) is 14.8 Å². The van der Waals surface area contributed by atoms with E-state index in [0.29, 0.717) is 13.2 Å². The number of nitrogens with zero attached hydrogens (tertiary/aromatic N) is 1. The normalized spacial score (nSPS) is 29.8. The smallest absolute Gasteiger partial charge is 0.214 e. The molecule has 1 saturated heterocycles. The van der Waals surface area contributed by atoms with Gasteiger partial charge in [0.15, 0.2) is 0 Å². The van der Waals surface area contributed by atoms with Crippen LogP contribution in [0.1, 0.15) is 0 Å². The third kappa shape index (κ3) is 2.63. The molecule has 0 unspecified atom stereocenters. The zero-order chi connectivity index (χ0) is 10.1. The minimum absolute atomic E-state index is 0.0626. The molecule has 0 saturated carbocycles. The molecule has 6 heteroatoms. The number of rotatable bonds is 3. The minimum Gasteiger partial charge on any atom is -0.379 e. The molecule has 1 rings (SSSR count). The van der Waals surface area contributed by atoms with E-state index in [1.54, 1.807) is 0 Å². The lowest BCUT2D eigenvalue weighted by Crippen LogP contribution is -2.37. The summed E-state index contributed by atoms with van der Waals surface area (Å²) in [6, 6.07) is -0.144. The lowest BCUT2D eigenvalue weighted by molar-refractivity contribution is 0.186. The van der Waals surface area contributed by atoms with Gasteiger partial charge in [-0.2, -0.15) is 0 Å². The van der Waals surface area contributed by atoms with E-state index in [2.05, 4.69) is 0 Å². The predicted octanol–water partition coefficient (Wildman–Crippen LogP) is -1.15. The summed E-state index contributed by atoms with van der Waals surface area (Å²) in [4.78, 5) is 0. The summed E-state index contributed by atoms with van der Waals surface area (Å²) in [5.41, 5.74) is 5.68. The second-order valence-corrected chi connectivity index (χ2v) is 5.75. The molecule has 0 amide bonds. The Morgan fingerprint density at radius 2 is 2.08 bits per heavy atom. The van der Waals surface area contributed by atoms with E-state index in [1.807, 2.05) is 0 Å². The van der Waals surface area contributed by atoms with Crippen LogP contribution in [0.25, 0.3) is 0 Å². The summed E-state index contributed by atoms with van der Waals surface area (Å²) in [6.45, 7) is 0.919. The van der Waals surface area contributed by atoms with Gasteiger partial charge in [-0.1, -0.05) is 0 Å². The Hall–Kier alpha value is -0.170. The van der Waals surface area contributed by atoms with Crippen molar-refractivity contribution >= 4 is 10.0 Å². The molecule has 0 radical (unpaired) electrons. The molecule has 0 aliphatic carbocycles. The number of hydrogen-bond acceptors (Lipinski definition) is 4. The standard InChI is InChI=1S/C7H16N2O3S/c1-9(2)13(10,11)5-6-3-12-4-7(6)8/h6-7H,3-5,8H2,1-2H3/t6-,7+/m0/s1. The molecule has 1 aliphatic rings. The average Bonchev–Trinajstić information content (AvgIpc) is 2.35. The molecule has 2 atom stereocenters. The summed E-state index contributed by atoms with van der Waals surface area (Å²) in [7, 11) is -0.0923. The van der Waals surface area contributed by atoms with Crippen LogP contribution in [-0.4, -0.2) is 51.8 Å². The number of nitrogens with two attached hydrogens (primary N) is 1. The SMILES string of the molecule is CN(C)S(=O)(=O)C[C@@H]1COC[C@H]1N. The van der Waals surface area contributed by atoms with Crippen LogP contribution in [0.15, 0.2) is 0 Å². The Morgan fingerprint density at radius 1 is 1.46 bits per heavy atom. The van der Waals surface area contributed by atoms with Crippen LogP contribution in [0.4, 0.5) is 0 Å². The molecule has 1 fully saturated rings. The summed E-state index contributed by atoms with van der Waals surface area (Å²) in [6.07, 6.45) is 0. The number of ether oxygens (including phenoxy) is 1. The molecule has 0 bridgehead atoms. The quantitative estimate of drug-likeness (QED) is 0.636. The molecule has 0 aromatic carbocycles. The van der Waals surface area contributed by atoms with E-state index in [1.165, 1.54) is 18.4 Å². The van der Waals surface area contributed by atoms with Gasteiger partial charge in [-0.15, -0.1) is 0 Å². The Bertz CT molecular complexity index is 263. The zero-order valence-electron chi connectivity index (χ0n) is 7.93. The summed E-state index contributed by atoms with van der Waals surface area (Å²) < 4.78 is 29.2. The molecule has 13 heavy (non-hydrogen) atoms. The first kappa shape index (κ1) is 10.9. The monoisotopic (exact) mass is 208 g/mol. The van der Waals surface area contributed by atoms with Crippen LogP contribution in [0.2, 0.25) is 0 Å². The van der Waals surface area contributed by atoms with Gasteiger partial charge in [-0.25, -0.2) is 12.7 Å². The molecule has 0 aromatic heterocycles. The minimum atomic E-state index is -3.14. The van der Waals surface area contributed by atoms with Crippen LogP contribution < -0.4 is 5.73 Å². The molecule has 1 aliphatic heterocycles. The van der Waals surface area contributed by atoms with E-state index in [9.17, 15) is 8.42 Å². The van der Waals surface area contributed by atoms with Gasteiger partial charge < -0.3 is 10.5 Å². The first-order valence-electron chi connectivity index (χ1n) is 4.17. The third-order valence-corrected chi connectivity index (χ3v) is 4.19.